The van der Waals surface area contributed by atoms with Gasteiger partial charge in [0.15, 0.2) is 6.61 Å². The van der Waals surface area contributed by atoms with E-state index in [0.29, 0.717) is 29.8 Å². The molecule has 2 amide bonds. The van der Waals surface area contributed by atoms with Crippen LogP contribution in [0.25, 0.3) is 0 Å². The molecule has 31 heavy (non-hydrogen) atoms. The largest absolute Gasteiger partial charge is 0.455 e. The Morgan fingerprint density at radius 2 is 1.81 bits per heavy atom. The lowest BCUT2D eigenvalue weighted by atomic mass is 9.78. The fourth-order valence-corrected chi connectivity index (χ4v) is 4.71. The summed E-state index contributed by atoms with van der Waals surface area (Å²) in [6.07, 6.45) is 2.70. The van der Waals surface area contributed by atoms with E-state index in [1.54, 1.807) is 49.4 Å². The van der Waals surface area contributed by atoms with E-state index >= 15 is 0 Å². The number of nitrogens with one attached hydrogen (secondary N) is 1. The van der Waals surface area contributed by atoms with Gasteiger partial charge in [0.05, 0.1) is 16.8 Å². The minimum atomic E-state index is -1.06. The van der Waals surface area contributed by atoms with Crippen LogP contribution in [0, 0.1) is 5.82 Å². The third kappa shape index (κ3) is 3.92. The van der Waals surface area contributed by atoms with Crippen LogP contribution in [0.3, 0.4) is 0 Å². The van der Waals surface area contributed by atoms with Gasteiger partial charge < -0.3 is 15.0 Å². The molecule has 162 valence electrons. The smallest absolute Gasteiger partial charge is 0.317 e. The highest BCUT2D eigenvalue weighted by molar-refractivity contribution is 6.05. The van der Waals surface area contributed by atoms with Crippen molar-refractivity contribution >= 4 is 29.2 Å². The molecule has 1 aliphatic carbocycles. The molecule has 2 aliphatic rings. The highest BCUT2D eigenvalue weighted by Gasteiger charge is 2.46. The number of hydrogen-bond donors (Lipinski definition) is 1. The minimum Gasteiger partial charge on any atom is -0.455 e. The second-order valence-corrected chi connectivity index (χ2v) is 8.23. The number of ether oxygens (including phenoxy) is 1. The third-order valence-electron chi connectivity index (χ3n) is 6.19. The number of anilines is 2. The Labute approximate surface area is 180 Å². The molecule has 0 unspecified atom stereocenters. The highest BCUT2D eigenvalue weighted by atomic mass is 19.1. The molecule has 1 saturated carbocycles. The zero-order valence-corrected chi connectivity index (χ0v) is 17.4. The van der Waals surface area contributed by atoms with Crippen LogP contribution in [-0.4, -0.2) is 30.4 Å². The van der Waals surface area contributed by atoms with Crippen molar-refractivity contribution in [1.29, 1.82) is 0 Å². The molecule has 1 N–H and O–H groups in total. The summed E-state index contributed by atoms with van der Waals surface area (Å²) in [6, 6.07) is 12.9. The maximum absolute atomic E-state index is 14.5. The number of amides is 2. The monoisotopic (exact) mass is 424 g/mol. The van der Waals surface area contributed by atoms with Gasteiger partial charge in [0.2, 0.25) is 5.91 Å². The summed E-state index contributed by atoms with van der Waals surface area (Å²) in [5.41, 5.74) is 0.362. The van der Waals surface area contributed by atoms with Gasteiger partial charge in [-0.1, -0.05) is 43.2 Å². The van der Waals surface area contributed by atoms with E-state index in [-0.39, 0.29) is 12.3 Å². The van der Waals surface area contributed by atoms with Crippen LogP contribution in [0.1, 0.15) is 44.6 Å². The number of para-hydroxylation sites is 2. The molecule has 0 saturated heterocycles. The fraction of sp³-hybridized carbons (Fsp3) is 0.375. The molecular weight excluding hydrogens is 399 g/mol. The number of carbonyl (C=O) groups excluding carboxylic acids is 3. The Morgan fingerprint density at radius 1 is 1.13 bits per heavy atom. The molecule has 2 aromatic carbocycles. The minimum absolute atomic E-state index is 0.132. The van der Waals surface area contributed by atoms with E-state index in [1.165, 1.54) is 11.0 Å². The molecule has 0 spiro atoms. The van der Waals surface area contributed by atoms with Gasteiger partial charge in [-0.25, -0.2) is 4.39 Å². The summed E-state index contributed by atoms with van der Waals surface area (Å²) >= 11 is 0. The lowest BCUT2D eigenvalue weighted by molar-refractivity contribution is -0.154. The van der Waals surface area contributed by atoms with Gasteiger partial charge in [-0.2, -0.15) is 0 Å². The summed E-state index contributed by atoms with van der Waals surface area (Å²) in [4.78, 5) is 39.8. The van der Waals surface area contributed by atoms with Crippen LogP contribution < -0.4 is 10.2 Å². The Kier molecular flexibility index (Phi) is 5.76. The maximum Gasteiger partial charge on any atom is 0.317 e. The maximum atomic E-state index is 14.5. The number of esters is 1. The quantitative estimate of drug-likeness (QED) is 0.755. The van der Waals surface area contributed by atoms with E-state index < -0.39 is 35.8 Å². The molecular formula is C24H25FN2O4. The van der Waals surface area contributed by atoms with Crippen LogP contribution in [-0.2, 0) is 24.5 Å². The van der Waals surface area contributed by atoms with Gasteiger partial charge in [0.25, 0.3) is 5.91 Å². The number of hydrogen-bond acceptors (Lipinski definition) is 4. The standard InChI is InChI=1S/C24H25FN2O4/c1-16-14-21(28)26-19-10-4-5-11-20(19)27(16)22(29)15-31-23(30)24(12-6-7-13-24)17-8-2-3-9-18(17)25/h2-5,8-11,16H,6-7,12-15H2,1H3,(H,26,28)/t16-/m0/s1. The van der Waals surface area contributed by atoms with Crippen molar-refractivity contribution in [3.8, 4) is 0 Å². The second-order valence-electron chi connectivity index (χ2n) is 8.23. The molecule has 4 rings (SSSR count). The summed E-state index contributed by atoms with van der Waals surface area (Å²) in [7, 11) is 0. The number of benzene rings is 2. The first-order valence-electron chi connectivity index (χ1n) is 10.6. The molecule has 0 aromatic heterocycles. The van der Waals surface area contributed by atoms with Crippen LogP contribution in [0.5, 0.6) is 0 Å². The molecule has 0 bridgehead atoms. The van der Waals surface area contributed by atoms with Crippen LogP contribution in [0.4, 0.5) is 15.8 Å². The van der Waals surface area contributed by atoms with Gasteiger partial charge in [-0.05, 0) is 38.0 Å². The Bertz CT molecular complexity index is 1020. The van der Waals surface area contributed by atoms with Gasteiger partial charge in [0, 0.05) is 18.0 Å². The van der Waals surface area contributed by atoms with E-state index in [9.17, 15) is 18.8 Å². The molecule has 1 aliphatic heterocycles. The summed E-state index contributed by atoms with van der Waals surface area (Å²) in [5, 5.41) is 2.80. The Balaban J connectivity index is 1.55. The van der Waals surface area contributed by atoms with Crippen LogP contribution in [0.15, 0.2) is 48.5 Å². The normalized spacial score (nSPS) is 19.9. The predicted octanol–water partition coefficient (Wildman–Crippen LogP) is 3.94. The highest BCUT2D eigenvalue weighted by Crippen LogP contribution is 2.43. The topological polar surface area (TPSA) is 75.7 Å². The van der Waals surface area contributed by atoms with E-state index in [4.69, 9.17) is 4.74 Å². The first kappa shape index (κ1) is 21.0. The second kappa shape index (κ2) is 8.49. The number of rotatable bonds is 4. The van der Waals surface area contributed by atoms with Gasteiger partial charge >= 0.3 is 5.97 Å². The van der Waals surface area contributed by atoms with Gasteiger partial charge in [0.1, 0.15) is 5.82 Å². The SMILES string of the molecule is C[C@H]1CC(=O)Nc2ccccc2N1C(=O)COC(=O)C1(c2ccccc2F)CCCC1. The number of fused-ring (bicyclic) bond motifs is 1. The summed E-state index contributed by atoms with van der Waals surface area (Å²) in [6.45, 7) is 1.31. The molecule has 6 nitrogen and oxygen atoms in total. The number of halogens is 1. The molecule has 7 heteroatoms. The third-order valence-corrected chi connectivity index (χ3v) is 6.19. The van der Waals surface area contributed by atoms with Crippen molar-refractivity contribution in [2.75, 3.05) is 16.8 Å². The Hall–Kier alpha value is -3.22. The molecule has 0 radical (unpaired) electrons. The van der Waals surface area contributed by atoms with Crippen molar-refractivity contribution in [2.24, 2.45) is 0 Å². The first-order valence-corrected chi connectivity index (χ1v) is 10.6. The van der Waals surface area contributed by atoms with Crippen molar-refractivity contribution in [2.45, 2.75) is 50.5 Å². The zero-order chi connectivity index (χ0) is 22.0. The zero-order valence-electron chi connectivity index (χ0n) is 17.4. The first-order chi connectivity index (χ1) is 14.9. The van der Waals surface area contributed by atoms with Crippen LogP contribution in [0.2, 0.25) is 0 Å². The lowest BCUT2D eigenvalue weighted by Crippen LogP contribution is -2.43. The van der Waals surface area contributed by atoms with Crippen molar-refractivity contribution < 1.29 is 23.5 Å². The van der Waals surface area contributed by atoms with Gasteiger partial charge in [-0.3, -0.25) is 14.4 Å². The van der Waals surface area contributed by atoms with E-state index in [2.05, 4.69) is 5.32 Å². The molecule has 2 aromatic rings. The average Bonchev–Trinajstić information content (AvgIpc) is 3.20. The molecule has 1 atom stereocenters. The fourth-order valence-electron chi connectivity index (χ4n) is 4.71. The molecule has 1 heterocycles. The van der Waals surface area contributed by atoms with Crippen molar-refractivity contribution in [1.82, 2.24) is 0 Å². The summed E-state index contributed by atoms with van der Waals surface area (Å²) in [5.74, 6) is -1.62. The van der Waals surface area contributed by atoms with Gasteiger partial charge in [-0.15, -0.1) is 0 Å². The van der Waals surface area contributed by atoms with Crippen molar-refractivity contribution in [3.63, 3.8) is 0 Å². The van der Waals surface area contributed by atoms with Crippen LogP contribution >= 0.6 is 0 Å². The number of nitrogens with zero attached hydrogens (tertiary/aromatic N) is 1. The van der Waals surface area contributed by atoms with E-state index in [1.807, 2.05) is 0 Å². The number of carbonyl (C=O) groups is 3. The molecule has 1 fully saturated rings. The lowest BCUT2D eigenvalue weighted by Gasteiger charge is -2.30. The van der Waals surface area contributed by atoms with E-state index in [0.717, 1.165) is 12.8 Å². The Morgan fingerprint density at radius 3 is 2.55 bits per heavy atom. The summed E-state index contributed by atoms with van der Waals surface area (Å²) < 4.78 is 20.0. The average molecular weight is 424 g/mol. The predicted molar refractivity (Wildman–Crippen MR) is 114 cm³/mol. The van der Waals surface area contributed by atoms with Crippen molar-refractivity contribution in [3.05, 3.63) is 59.9 Å².